The number of aryl methyl sites for hydroxylation is 1. The number of anilines is 1. The van der Waals surface area contributed by atoms with Gasteiger partial charge in [-0.25, -0.2) is 4.98 Å². The summed E-state index contributed by atoms with van der Waals surface area (Å²) in [4.78, 5) is 35.6. The summed E-state index contributed by atoms with van der Waals surface area (Å²) in [5.41, 5.74) is 1.08. The lowest BCUT2D eigenvalue weighted by Gasteiger charge is -2.27. The largest absolute Gasteiger partial charge is 0.378 e. The topological polar surface area (TPSA) is 87.3 Å². The molecule has 1 fully saturated rings. The zero-order valence-corrected chi connectivity index (χ0v) is 17.5. The molecule has 1 atom stereocenters. The SMILES string of the molecule is Cc1nc(N2CCOCC2)[nH]c(=O)c1CCC(=O)NC(c1cccs1)C(C)C. The highest BCUT2D eigenvalue weighted by Crippen LogP contribution is 2.25. The lowest BCUT2D eigenvalue weighted by molar-refractivity contribution is -0.122. The van der Waals surface area contributed by atoms with Crippen LogP contribution >= 0.6 is 11.3 Å². The Hall–Kier alpha value is -2.19. The van der Waals surface area contributed by atoms with E-state index in [-0.39, 0.29) is 23.9 Å². The number of aromatic amines is 1. The minimum atomic E-state index is -0.166. The Bertz CT molecular complexity index is 842. The Kier molecular flexibility index (Phi) is 6.85. The molecule has 0 aliphatic carbocycles. The van der Waals surface area contributed by atoms with Gasteiger partial charge in [0.15, 0.2) is 0 Å². The second-order valence-electron chi connectivity index (χ2n) is 7.36. The predicted molar refractivity (Wildman–Crippen MR) is 111 cm³/mol. The number of nitrogens with one attached hydrogen (secondary N) is 2. The van der Waals surface area contributed by atoms with E-state index in [9.17, 15) is 9.59 Å². The molecule has 2 aromatic rings. The Labute approximate surface area is 169 Å². The van der Waals surface area contributed by atoms with Crippen LogP contribution in [0.2, 0.25) is 0 Å². The van der Waals surface area contributed by atoms with Gasteiger partial charge in [-0.3, -0.25) is 14.6 Å². The summed E-state index contributed by atoms with van der Waals surface area (Å²) >= 11 is 1.64. The van der Waals surface area contributed by atoms with E-state index >= 15 is 0 Å². The third-order valence-electron chi connectivity index (χ3n) is 4.96. The van der Waals surface area contributed by atoms with E-state index in [2.05, 4.69) is 29.1 Å². The van der Waals surface area contributed by atoms with Crippen LogP contribution in [0, 0.1) is 12.8 Å². The summed E-state index contributed by atoms with van der Waals surface area (Å²) in [6.07, 6.45) is 0.635. The molecule has 1 unspecified atom stereocenters. The van der Waals surface area contributed by atoms with Crippen LogP contribution in [-0.2, 0) is 16.0 Å². The third kappa shape index (κ3) is 4.99. The fourth-order valence-corrected chi connectivity index (χ4v) is 4.28. The van der Waals surface area contributed by atoms with Crippen LogP contribution in [0.25, 0.3) is 0 Å². The molecule has 3 rings (SSSR count). The van der Waals surface area contributed by atoms with Gasteiger partial charge in [-0.2, -0.15) is 0 Å². The van der Waals surface area contributed by atoms with E-state index < -0.39 is 0 Å². The number of amides is 1. The second kappa shape index (κ2) is 9.34. The fourth-order valence-electron chi connectivity index (χ4n) is 3.33. The number of hydrogen-bond acceptors (Lipinski definition) is 6. The van der Waals surface area contributed by atoms with Crippen LogP contribution in [0.4, 0.5) is 5.95 Å². The van der Waals surface area contributed by atoms with Gasteiger partial charge in [-0.05, 0) is 30.7 Å². The van der Waals surface area contributed by atoms with Crippen LogP contribution in [-0.4, -0.2) is 42.2 Å². The summed E-state index contributed by atoms with van der Waals surface area (Å²) in [6, 6.07) is 4.03. The Morgan fingerprint density at radius 3 is 2.75 bits per heavy atom. The number of thiophene rings is 1. The Morgan fingerprint density at radius 1 is 1.39 bits per heavy atom. The van der Waals surface area contributed by atoms with E-state index in [1.807, 2.05) is 29.3 Å². The highest BCUT2D eigenvalue weighted by Gasteiger charge is 2.20. The quantitative estimate of drug-likeness (QED) is 0.740. The zero-order chi connectivity index (χ0) is 20.1. The van der Waals surface area contributed by atoms with E-state index in [1.54, 1.807) is 11.3 Å². The minimum Gasteiger partial charge on any atom is -0.378 e. The average molecular weight is 405 g/mol. The van der Waals surface area contributed by atoms with Gasteiger partial charge < -0.3 is 15.0 Å². The number of hydrogen-bond donors (Lipinski definition) is 2. The maximum Gasteiger partial charge on any atom is 0.255 e. The van der Waals surface area contributed by atoms with Crippen molar-refractivity contribution >= 4 is 23.2 Å². The summed E-state index contributed by atoms with van der Waals surface area (Å²) < 4.78 is 5.34. The Balaban J connectivity index is 1.63. The van der Waals surface area contributed by atoms with E-state index in [0.717, 1.165) is 4.88 Å². The highest BCUT2D eigenvalue weighted by molar-refractivity contribution is 7.10. The molecule has 1 aliphatic rings. The van der Waals surface area contributed by atoms with Crippen molar-refractivity contribution in [3.05, 3.63) is 44.0 Å². The highest BCUT2D eigenvalue weighted by atomic mass is 32.1. The monoisotopic (exact) mass is 404 g/mol. The molecular weight excluding hydrogens is 376 g/mol. The van der Waals surface area contributed by atoms with Gasteiger partial charge in [0.25, 0.3) is 5.56 Å². The van der Waals surface area contributed by atoms with Crippen molar-refractivity contribution in [1.82, 2.24) is 15.3 Å². The standard InChI is InChI=1S/C20H28N4O3S/c1-13(2)18(16-5-4-12-28-16)22-17(25)7-6-15-14(3)21-20(23-19(15)26)24-8-10-27-11-9-24/h4-5,12-13,18H,6-11H2,1-3H3,(H,22,25)(H,21,23,26). The van der Waals surface area contributed by atoms with Gasteiger partial charge in [-0.1, -0.05) is 19.9 Å². The molecule has 7 nitrogen and oxygen atoms in total. The molecule has 152 valence electrons. The summed E-state index contributed by atoms with van der Waals surface area (Å²) in [7, 11) is 0. The van der Waals surface area contributed by atoms with Crippen LogP contribution in [0.15, 0.2) is 22.3 Å². The van der Waals surface area contributed by atoms with Gasteiger partial charge in [0.1, 0.15) is 0 Å². The van der Waals surface area contributed by atoms with Crippen LogP contribution in [0.3, 0.4) is 0 Å². The van der Waals surface area contributed by atoms with Crippen molar-refractivity contribution in [2.75, 3.05) is 31.2 Å². The van der Waals surface area contributed by atoms with E-state index in [0.29, 0.717) is 55.8 Å². The summed E-state index contributed by atoms with van der Waals surface area (Å²) in [5.74, 6) is 0.821. The molecule has 8 heteroatoms. The first kappa shape index (κ1) is 20.5. The number of morpholine rings is 1. The molecule has 2 N–H and O–H groups in total. The molecule has 1 amide bonds. The van der Waals surface area contributed by atoms with Gasteiger partial charge in [0.05, 0.1) is 19.3 Å². The molecule has 0 spiro atoms. The van der Waals surface area contributed by atoms with Crippen molar-refractivity contribution in [2.45, 2.75) is 39.7 Å². The molecular formula is C20H28N4O3S. The van der Waals surface area contributed by atoms with Crippen molar-refractivity contribution < 1.29 is 9.53 Å². The molecule has 1 saturated heterocycles. The van der Waals surface area contributed by atoms with Gasteiger partial charge in [0.2, 0.25) is 11.9 Å². The third-order valence-corrected chi connectivity index (χ3v) is 5.91. The molecule has 0 radical (unpaired) electrons. The average Bonchev–Trinajstić information content (AvgIpc) is 3.20. The molecule has 3 heterocycles. The number of carbonyl (C=O) groups excluding carboxylic acids is 1. The van der Waals surface area contributed by atoms with E-state index in [1.165, 1.54) is 0 Å². The maximum absolute atomic E-state index is 12.5. The summed E-state index contributed by atoms with van der Waals surface area (Å²) in [5, 5.41) is 5.12. The molecule has 0 aromatic carbocycles. The van der Waals surface area contributed by atoms with Crippen LogP contribution in [0.1, 0.15) is 42.4 Å². The number of carbonyl (C=O) groups is 1. The van der Waals surface area contributed by atoms with Crippen LogP contribution in [0.5, 0.6) is 0 Å². The van der Waals surface area contributed by atoms with E-state index in [4.69, 9.17) is 4.74 Å². The lowest BCUT2D eigenvalue weighted by Crippen LogP contribution is -2.38. The van der Waals surface area contributed by atoms with Gasteiger partial charge >= 0.3 is 0 Å². The minimum absolute atomic E-state index is 0.00583. The van der Waals surface area contributed by atoms with Gasteiger partial charge in [0, 0.05) is 35.6 Å². The first-order chi connectivity index (χ1) is 13.5. The van der Waals surface area contributed by atoms with Gasteiger partial charge in [-0.15, -0.1) is 11.3 Å². The normalized spacial score (nSPS) is 15.6. The Morgan fingerprint density at radius 2 is 2.14 bits per heavy atom. The molecule has 1 aliphatic heterocycles. The number of nitrogens with zero attached hydrogens (tertiary/aromatic N) is 2. The number of H-pyrrole nitrogens is 1. The smallest absolute Gasteiger partial charge is 0.255 e. The zero-order valence-electron chi connectivity index (χ0n) is 16.7. The van der Waals surface area contributed by atoms with Crippen molar-refractivity contribution in [3.8, 4) is 0 Å². The number of ether oxygens (including phenoxy) is 1. The summed E-state index contributed by atoms with van der Waals surface area (Å²) in [6.45, 7) is 8.70. The molecule has 0 bridgehead atoms. The molecule has 2 aromatic heterocycles. The molecule has 0 saturated carbocycles. The lowest BCUT2D eigenvalue weighted by atomic mass is 10.0. The number of aromatic nitrogens is 2. The first-order valence-electron chi connectivity index (χ1n) is 9.71. The van der Waals surface area contributed by atoms with Crippen LogP contribution < -0.4 is 15.8 Å². The second-order valence-corrected chi connectivity index (χ2v) is 8.34. The maximum atomic E-state index is 12.5. The number of rotatable bonds is 7. The predicted octanol–water partition coefficient (Wildman–Crippen LogP) is 2.42. The fraction of sp³-hybridized carbons (Fsp3) is 0.550. The van der Waals surface area contributed by atoms with Crippen molar-refractivity contribution in [3.63, 3.8) is 0 Å². The van der Waals surface area contributed by atoms with Crippen molar-refractivity contribution in [1.29, 1.82) is 0 Å². The molecule has 28 heavy (non-hydrogen) atoms. The first-order valence-corrected chi connectivity index (χ1v) is 10.6. The van der Waals surface area contributed by atoms with Crippen molar-refractivity contribution in [2.24, 2.45) is 5.92 Å².